The van der Waals surface area contributed by atoms with Crippen molar-refractivity contribution in [2.45, 2.75) is 32.4 Å². The van der Waals surface area contributed by atoms with E-state index in [-0.39, 0.29) is 12.1 Å². The third-order valence-electron chi connectivity index (χ3n) is 4.80. The molecule has 1 atom stereocenters. The van der Waals surface area contributed by atoms with Crippen LogP contribution in [0.1, 0.15) is 24.0 Å². The van der Waals surface area contributed by atoms with E-state index in [2.05, 4.69) is 20.2 Å². The van der Waals surface area contributed by atoms with Crippen molar-refractivity contribution in [1.29, 1.82) is 0 Å². The van der Waals surface area contributed by atoms with Crippen LogP contribution in [0.4, 0.5) is 10.6 Å². The summed E-state index contributed by atoms with van der Waals surface area (Å²) in [6, 6.07) is 5.88. The SMILES string of the molecule is Cc1cc(CNC(=O)N(C)C2CCCN(c3cnccn3)C2)ccc1Cl. The molecule has 0 aliphatic carbocycles. The van der Waals surface area contributed by atoms with Gasteiger partial charge in [0.1, 0.15) is 5.82 Å². The number of benzene rings is 1. The molecule has 2 heterocycles. The summed E-state index contributed by atoms with van der Waals surface area (Å²) in [6.07, 6.45) is 7.15. The van der Waals surface area contributed by atoms with E-state index in [1.807, 2.05) is 32.2 Å². The molecule has 3 rings (SSSR count). The highest BCUT2D eigenvalue weighted by molar-refractivity contribution is 6.31. The lowest BCUT2D eigenvalue weighted by molar-refractivity contribution is 0.182. The highest BCUT2D eigenvalue weighted by Crippen LogP contribution is 2.20. The predicted octanol–water partition coefficient (Wildman–Crippen LogP) is 3.25. The number of anilines is 1. The number of hydrogen-bond acceptors (Lipinski definition) is 4. The van der Waals surface area contributed by atoms with Crippen molar-refractivity contribution >= 4 is 23.4 Å². The summed E-state index contributed by atoms with van der Waals surface area (Å²) >= 11 is 6.05. The van der Waals surface area contributed by atoms with Crippen LogP contribution in [0, 0.1) is 6.92 Å². The van der Waals surface area contributed by atoms with Gasteiger partial charge in [-0.05, 0) is 37.0 Å². The Balaban J connectivity index is 1.56. The average molecular weight is 374 g/mol. The van der Waals surface area contributed by atoms with Crippen molar-refractivity contribution in [3.8, 4) is 0 Å². The van der Waals surface area contributed by atoms with Gasteiger partial charge in [0.15, 0.2) is 0 Å². The van der Waals surface area contributed by atoms with Gasteiger partial charge in [-0.1, -0.05) is 23.7 Å². The Labute approximate surface area is 159 Å². The van der Waals surface area contributed by atoms with Crippen LogP contribution in [0.5, 0.6) is 0 Å². The lowest BCUT2D eigenvalue weighted by atomic mass is 10.0. The molecule has 1 aliphatic heterocycles. The number of halogens is 1. The quantitative estimate of drug-likeness (QED) is 0.893. The van der Waals surface area contributed by atoms with Crippen LogP contribution in [0.25, 0.3) is 0 Å². The van der Waals surface area contributed by atoms with Crippen molar-refractivity contribution in [3.05, 3.63) is 52.9 Å². The van der Waals surface area contributed by atoms with E-state index >= 15 is 0 Å². The third-order valence-corrected chi connectivity index (χ3v) is 5.23. The van der Waals surface area contributed by atoms with Crippen LogP contribution in [0.3, 0.4) is 0 Å². The predicted molar refractivity (Wildman–Crippen MR) is 103 cm³/mol. The van der Waals surface area contributed by atoms with E-state index in [0.717, 1.165) is 47.9 Å². The number of nitrogens with zero attached hydrogens (tertiary/aromatic N) is 4. The maximum Gasteiger partial charge on any atom is 0.317 e. The summed E-state index contributed by atoms with van der Waals surface area (Å²) in [5.41, 5.74) is 2.05. The minimum atomic E-state index is -0.0661. The Morgan fingerprint density at radius 2 is 2.27 bits per heavy atom. The van der Waals surface area contributed by atoms with E-state index in [1.54, 1.807) is 23.5 Å². The summed E-state index contributed by atoms with van der Waals surface area (Å²) in [5, 5.41) is 3.73. The zero-order chi connectivity index (χ0) is 18.5. The molecule has 0 spiro atoms. The molecule has 7 heteroatoms. The molecule has 1 aliphatic rings. The monoisotopic (exact) mass is 373 g/mol. The lowest BCUT2D eigenvalue weighted by Crippen LogP contribution is -2.51. The first-order valence-corrected chi connectivity index (χ1v) is 9.19. The van der Waals surface area contributed by atoms with E-state index in [0.29, 0.717) is 6.54 Å². The Bertz CT molecular complexity index is 755. The molecule has 1 saturated heterocycles. The molecule has 0 bridgehead atoms. The van der Waals surface area contributed by atoms with Gasteiger partial charge in [0.25, 0.3) is 0 Å². The first-order valence-electron chi connectivity index (χ1n) is 8.81. The molecule has 138 valence electrons. The minimum Gasteiger partial charge on any atom is -0.353 e. The maximum absolute atomic E-state index is 12.6. The van der Waals surface area contributed by atoms with Gasteiger partial charge >= 0.3 is 6.03 Å². The van der Waals surface area contributed by atoms with Crippen molar-refractivity contribution in [2.75, 3.05) is 25.0 Å². The van der Waals surface area contributed by atoms with Gasteiger partial charge in [-0.3, -0.25) is 4.98 Å². The normalized spacial score (nSPS) is 17.0. The van der Waals surface area contributed by atoms with Crippen molar-refractivity contribution in [3.63, 3.8) is 0 Å². The highest BCUT2D eigenvalue weighted by Gasteiger charge is 2.26. The average Bonchev–Trinajstić information content (AvgIpc) is 2.69. The number of likely N-dealkylation sites (N-methyl/N-ethyl adjacent to an activating group) is 1. The van der Waals surface area contributed by atoms with Crippen LogP contribution in [0.15, 0.2) is 36.8 Å². The molecule has 2 aromatic rings. The molecular weight excluding hydrogens is 350 g/mol. The molecule has 6 nitrogen and oxygen atoms in total. The molecule has 2 amide bonds. The Kier molecular flexibility index (Phi) is 5.93. The number of hydrogen-bond donors (Lipinski definition) is 1. The summed E-state index contributed by atoms with van der Waals surface area (Å²) in [4.78, 5) is 25.0. The molecule has 1 N–H and O–H groups in total. The fraction of sp³-hybridized carbons (Fsp3) is 0.421. The maximum atomic E-state index is 12.6. The van der Waals surface area contributed by atoms with Gasteiger partial charge in [-0.25, -0.2) is 9.78 Å². The topological polar surface area (TPSA) is 61.4 Å². The summed E-state index contributed by atoms with van der Waals surface area (Å²) in [7, 11) is 1.85. The Morgan fingerprint density at radius 3 is 3.00 bits per heavy atom. The van der Waals surface area contributed by atoms with Crippen LogP contribution in [-0.4, -0.2) is 47.1 Å². The van der Waals surface area contributed by atoms with Crippen molar-refractivity contribution in [2.24, 2.45) is 0 Å². The van der Waals surface area contributed by atoms with E-state index < -0.39 is 0 Å². The molecule has 1 fully saturated rings. The fourth-order valence-corrected chi connectivity index (χ4v) is 3.34. The lowest BCUT2D eigenvalue weighted by Gasteiger charge is -2.38. The second-order valence-corrected chi connectivity index (χ2v) is 7.07. The largest absolute Gasteiger partial charge is 0.353 e. The van der Waals surface area contributed by atoms with Crippen LogP contribution in [0.2, 0.25) is 5.02 Å². The minimum absolute atomic E-state index is 0.0661. The van der Waals surface area contributed by atoms with E-state index in [1.165, 1.54) is 0 Å². The molecule has 1 aromatic carbocycles. The van der Waals surface area contributed by atoms with Gasteiger partial charge < -0.3 is 15.1 Å². The van der Waals surface area contributed by atoms with Gasteiger partial charge in [-0.2, -0.15) is 0 Å². The molecule has 0 radical (unpaired) electrons. The molecular formula is C19H24ClN5O. The zero-order valence-electron chi connectivity index (χ0n) is 15.2. The number of rotatable bonds is 4. The second kappa shape index (κ2) is 8.36. The molecule has 26 heavy (non-hydrogen) atoms. The van der Waals surface area contributed by atoms with E-state index in [4.69, 9.17) is 11.6 Å². The van der Waals surface area contributed by atoms with Gasteiger partial charge in [0.05, 0.1) is 12.2 Å². The summed E-state index contributed by atoms with van der Waals surface area (Å²) in [5.74, 6) is 0.864. The highest BCUT2D eigenvalue weighted by atomic mass is 35.5. The zero-order valence-corrected chi connectivity index (χ0v) is 15.9. The van der Waals surface area contributed by atoms with Crippen LogP contribution < -0.4 is 10.2 Å². The van der Waals surface area contributed by atoms with Gasteiger partial charge in [-0.15, -0.1) is 0 Å². The van der Waals surface area contributed by atoms with Crippen molar-refractivity contribution < 1.29 is 4.79 Å². The Morgan fingerprint density at radius 1 is 1.42 bits per heavy atom. The number of carbonyl (C=O) groups excluding carboxylic acids is 1. The standard InChI is InChI=1S/C19H24ClN5O/c1-14-10-15(5-6-17(14)20)11-23-19(26)24(2)16-4-3-9-25(13-16)18-12-21-7-8-22-18/h5-8,10,12,16H,3-4,9,11,13H2,1-2H3,(H,23,26). The van der Waals surface area contributed by atoms with Crippen molar-refractivity contribution in [1.82, 2.24) is 20.2 Å². The number of urea groups is 1. The smallest absolute Gasteiger partial charge is 0.317 e. The third kappa shape index (κ3) is 4.43. The van der Waals surface area contributed by atoms with Gasteiger partial charge in [0, 0.05) is 44.1 Å². The fourth-order valence-electron chi connectivity index (χ4n) is 3.22. The van der Waals surface area contributed by atoms with Crippen LogP contribution in [-0.2, 0) is 6.54 Å². The number of aryl methyl sites for hydroxylation is 1. The number of nitrogens with one attached hydrogen (secondary N) is 1. The number of amides is 2. The molecule has 1 aromatic heterocycles. The summed E-state index contributed by atoms with van der Waals surface area (Å²) < 4.78 is 0. The summed E-state index contributed by atoms with van der Waals surface area (Å²) in [6.45, 7) is 4.15. The number of piperidine rings is 1. The van der Waals surface area contributed by atoms with Crippen LogP contribution >= 0.6 is 11.6 Å². The Hall–Kier alpha value is -2.34. The van der Waals surface area contributed by atoms with E-state index in [9.17, 15) is 4.79 Å². The van der Waals surface area contributed by atoms with Gasteiger partial charge in [0.2, 0.25) is 0 Å². The second-order valence-electron chi connectivity index (χ2n) is 6.66. The first-order chi connectivity index (χ1) is 12.5. The molecule has 1 unspecified atom stereocenters. The molecule has 0 saturated carbocycles. The first kappa shape index (κ1) is 18.5. The number of aromatic nitrogens is 2. The number of carbonyl (C=O) groups is 1.